The van der Waals surface area contributed by atoms with E-state index in [2.05, 4.69) is 5.32 Å². The third-order valence-corrected chi connectivity index (χ3v) is 3.58. The molecule has 0 aliphatic carbocycles. The number of hydrogen-bond acceptors (Lipinski definition) is 4. The number of anilines is 1. The van der Waals surface area contributed by atoms with Crippen molar-refractivity contribution >= 4 is 17.3 Å². The van der Waals surface area contributed by atoms with E-state index in [1.807, 2.05) is 31.2 Å². The predicted octanol–water partition coefficient (Wildman–Crippen LogP) is 3.87. The Balaban J connectivity index is 1.93. The lowest BCUT2D eigenvalue weighted by Gasteiger charge is -2.09. The lowest BCUT2D eigenvalue weighted by molar-refractivity contribution is -0.384. The van der Waals surface area contributed by atoms with E-state index >= 15 is 0 Å². The molecular formula is C18H20N2O4. The van der Waals surface area contributed by atoms with Gasteiger partial charge in [-0.2, -0.15) is 0 Å². The minimum absolute atomic E-state index is 0.0394. The first-order valence-corrected chi connectivity index (χ1v) is 7.76. The molecule has 1 amide bonds. The maximum absolute atomic E-state index is 12.1. The number of nitrogens with zero attached hydrogens (tertiary/aromatic N) is 1. The van der Waals surface area contributed by atoms with Crippen LogP contribution in [0.2, 0.25) is 0 Å². The predicted molar refractivity (Wildman–Crippen MR) is 92.4 cm³/mol. The number of aryl methyl sites for hydroxylation is 2. The lowest BCUT2D eigenvalue weighted by atomic mass is 10.1. The van der Waals surface area contributed by atoms with Crippen molar-refractivity contribution in [3.63, 3.8) is 0 Å². The Morgan fingerprint density at radius 2 is 1.92 bits per heavy atom. The molecule has 2 rings (SSSR count). The second-order valence-corrected chi connectivity index (χ2v) is 5.38. The van der Waals surface area contributed by atoms with Crippen molar-refractivity contribution in [1.29, 1.82) is 0 Å². The molecule has 0 bridgehead atoms. The van der Waals surface area contributed by atoms with E-state index in [-0.39, 0.29) is 11.6 Å². The zero-order valence-corrected chi connectivity index (χ0v) is 13.7. The minimum atomic E-state index is -0.477. The summed E-state index contributed by atoms with van der Waals surface area (Å²) in [6.07, 6.45) is 0.891. The summed E-state index contributed by atoms with van der Waals surface area (Å²) in [7, 11) is 0. The summed E-state index contributed by atoms with van der Waals surface area (Å²) in [6, 6.07) is 12.0. The van der Waals surface area contributed by atoms with Crippen LogP contribution < -0.4 is 10.1 Å². The number of benzene rings is 2. The van der Waals surface area contributed by atoms with Gasteiger partial charge in [-0.25, -0.2) is 0 Å². The topological polar surface area (TPSA) is 81.5 Å². The zero-order chi connectivity index (χ0) is 17.5. The molecule has 0 saturated carbocycles. The standard InChI is InChI=1S/C18H20N2O4/c1-3-24-16-9-5-14(6-10-16)7-11-18(21)19-17-12-15(20(22)23)8-4-13(17)2/h4-6,8-10,12H,3,7,11H2,1-2H3,(H,19,21). The highest BCUT2D eigenvalue weighted by molar-refractivity contribution is 5.92. The molecule has 0 heterocycles. The van der Waals surface area contributed by atoms with Crippen LogP contribution in [0.1, 0.15) is 24.5 Å². The van der Waals surface area contributed by atoms with E-state index in [4.69, 9.17) is 4.74 Å². The van der Waals surface area contributed by atoms with Crippen LogP contribution in [0, 0.1) is 17.0 Å². The molecule has 126 valence electrons. The molecule has 1 N–H and O–H groups in total. The van der Waals surface area contributed by atoms with Crippen LogP contribution in [-0.4, -0.2) is 17.4 Å². The van der Waals surface area contributed by atoms with E-state index in [9.17, 15) is 14.9 Å². The summed E-state index contributed by atoms with van der Waals surface area (Å²) in [6.45, 7) is 4.34. The van der Waals surface area contributed by atoms with Gasteiger partial charge in [0.15, 0.2) is 0 Å². The Morgan fingerprint density at radius 3 is 2.54 bits per heavy atom. The fourth-order valence-corrected chi connectivity index (χ4v) is 2.25. The Kier molecular flexibility index (Phi) is 5.89. The Labute approximate surface area is 140 Å². The molecule has 0 unspecified atom stereocenters. The molecule has 0 atom stereocenters. The Morgan fingerprint density at radius 1 is 1.21 bits per heavy atom. The highest BCUT2D eigenvalue weighted by Gasteiger charge is 2.11. The van der Waals surface area contributed by atoms with Crippen LogP contribution in [-0.2, 0) is 11.2 Å². The van der Waals surface area contributed by atoms with Crippen LogP contribution in [0.4, 0.5) is 11.4 Å². The number of carbonyl (C=O) groups is 1. The number of amides is 1. The second-order valence-electron chi connectivity index (χ2n) is 5.38. The molecular weight excluding hydrogens is 308 g/mol. The first-order chi connectivity index (χ1) is 11.5. The second kappa shape index (κ2) is 8.10. The molecule has 0 saturated heterocycles. The molecule has 0 aromatic heterocycles. The molecule has 0 aliphatic heterocycles. The first kappa shape index (κ1) is 17.5. The van der Waals surface area contributed by atoms with E-state index in [0.29, 0.717) is 25.1 Å². The van der Waals surface area contributed by atoms with Crippen molar-refractivity contribution in [1.82, 2.24) is 0 Å². The summed E-state index contributed by atoms with van der Waals surface area (Å²) < 4.78 is 5.37. The number of nitro groups is 1. The summed E-state index contributed by atoms with van der Waals surface area (Å²) >= 11 is 0. The monoisotopic (exact) mass is 328 g/mol. The van der Waals surface area contributed by atoms with Gasteiger partial charge in [-0.1, -0.05) is 18.2 Å². The highest BCUT2D eigenvalue weighted by atomic mass is 16.6. The van der Waals surface area contributed by atoms with Crippen molar-refractivity contribution in [2.24, 2.45) is 0 Å². The van der Waals surface area contributed by atoms with Gasteiger partial charge < -0.3 is 10.1 Å². The van der Waals surface area contributed by atoms with Crippen LogP contribution in [0.25, 0.3) is 0 Å². The van der Waals surface area contributed by atoms with Crippen LogP contribution >= 0.6 is 0 Å². The molecule has 6 heteroatoms. The summed E-state index contributed by atoms with van der Waals surface area (Å²) in [5, 5.41) is 13.6. The molecule has 24 heavy (non-hydrogen) atoms. The normalized spacial score (nSPS) is 10.2. The van der Waals surface area contributed by atoms with E-state index < -0.39 is 4.92 Å². The van der Waals surface area contributed by atoms with Crippen molar-refractivity contribution in [3.8, 4) is 5.75 Å². The highest BCUT2D eigenvalue weighted by Crippen LogP contribution is 2.22. The van der Waals surface area contributed by atoms with Gasteiger partial charge in [-0.3, -0.25) is 14.9 Å². The van der Waals surface area contributed by atoms with Crippen molar-refractivity contribution < 1.29 is 14.5 Å². The van der Waals surface area contributed by atoms with Crippen LogP contribution in [0.5, 0.6) is 5.75 Å². The molecule has 2 aromatic rings. The Hall–Kier alpha value is -2.89. The average Bonchev–Trinajstić information content (AvgIpc) is 2.56. The number of non-ortho nitro benzene ring substituents is 1. The van der Waals surface area contributed by atoms with Gasteiger partial charge in [0.25, 0.3) is 5.69 Å². The van der Waals surface area contributed by atoms with Gasteiger partial charge in [-0.05, 0) is 43.5 Å². The van der Waals surface area contributed by atoms with Crippen LogP contribution in [0.15, 0.2) is 42.5 Å². The number of hydrogen-bond donors (Lipinski definition) is 1. The lowest BCUT2D eigenvalue weighted by Crippen LogP contribution is -2.13. The quantitative estimate of drug-likeness (QED) is 0.618. The number of nitro benzene ring substituents is 1. The number of ether oxygens (including phenoxy) is 1. The van der Waals surface area contributed by atoms with Gasteiger partial charge in [-0.15, -0.1) is 0 Å². The average molecular weight is 328 g/mol. The molecule has 0 fully saturated rings. The van der Waals surface area contributed by atoms with Crippen molar-refractivity contribution in [2.75, 3.05) is 11.9 Å². The van der Waals surface area contributed by atoms with Gasteiger partial charge in [0, 0.05) is 18.6 Å². The van der Waals surface area contributed by atoms with E-state index in [0.717, 1.165) is 16.9 Å². The number of nitrogens with one attached hydrogen (secondary N) is 1. The summed E-state index contributed by atoms with van der Waals surface area (Å²) in [5.41, 5.74) is 2.25. The fraction of sp³-hybridized carbons (Fsp3) is 0.278. The molecule has 0 radical (unpaired) electrons. The fourth-order valence-electron chi connectivity index (χ4n) is 2.25. The molecule has 6 nitrogen and oxygen atoms in total. The van der Waals surface area contributed by atoms with Gasteiger partial charge >= 0.3 is 0 Å². The zero-order valence-electron chi connectivity index (χ0n) is 13.7. The summed E-state index contributed by atoms with van der Waals surface area (Å²) in [4.78, 5) is 22.4. The maximum atomic E-state index is 12.1. The number of rotatable bonds is 7. The van der Waals surface area contributed by atoms with Gasteiger partial charge in [0.05, 0.1) is 17.2 Å². The van der Waals surface area contributed by atoms with Gasteiger partial charge in [0.2, 0.25) is 5.91 Å². The van der Waals surface area contributed by atoms with Crippen molar-refractivity contribution in [2.45, 2.75) is 26.7 Å². The molecule has 0 aliphatic rings. The van der Waals surface area contributed by atoms with E-state index in [1.165, 1.54) is 12.1 Å². The smallest absolute Gasteiger partial charge is 0.271 e. The van der Waals surface area contributed by atoms with Crippen LogP contribution in [0.3, 0.4) is 0 Å². The van der Waals surface area contributed by atoms with Gasteiger partial charge in [0.1, 0.15) is 5.75 Å². The maximum Gasteiger partial charge on any atom is 0.271 e. The SMILES string of the molecule is CCOc1ccc(CCC(=O)Nc2cc([N+](=O)[O-])ccc2C)cc1. The summed E-state index contributed by atoms with van der Waals surface area (Å²) in [5.74, 6) is 0.630. The first-order valence-electron chi connectivity index (χ1n) is 7.76. The molecule has 0 spiro atoms. The largest absolute Gasteiger partial charge is 0.494 e. The van der Waals surface area contributed by atoms with E-state index in [1.54, 1.807) is 13.0 Å². The Bertz CT molecular complexity index is 726. The third kappa shape index (κ3) is 4.81. The minimum Gasteiger partial charge on any atom is -0.494 e. The number of carbonyl (C=O) groups excluding carboxylic acids is 1. The third-order valence-electron chi connectivity index (χ3n) is 3.58. The van der Waals surface area contributed by atoms with Crippen molar-refractivity contribution in [3.05, 3.63) is 63.7 Å². The molecule has 2 aromatic carbocycles.